The summed E-state index contributed by atoms with van der Waals surface area (Å²) in [6, 6.07) is 0. The Kier molecular flexibility index (Phi) is 4.14. The van der Waals surface area contributed by atoms with Crippen molar-refractivity contribution in [1.29, 1.82) is 0 Å². The van der Waals surface area contributed by atoms with Crippen molar-refractivity contribution in [3.05, 3.63) is 0 Å². The summed E-state index contributed by atoms with van der Waals surface area (Å²) in [4.78, 5) is 2.63. The molecule has 0 amide bonds. The Hall–Kier alpha value is -0.0800. The van der Waals surface area contributed by atoms with Crippen molar-refractivity contribution < 1.29 is 0 Å². The average molecular weight is 238 g/mol. The molecule has 1 aliphatic heterocycles. The first-order chi connectivity index (χ1) is 7.99. The van der Waals surface area contributed by atoms with Gasteiger partial charge in [0.25, 0.3) is 0 Å². The van der Waals surface area contributed by atoms with E-state index in [0.29, 0.717) is 0 Å². The first kappa shape index (κ1) is 13.4. The molecule has 1 aliphatic carbocycles. The highest BCUT2D eigenvalue weighted by molar-refractivity contribution is 4.97. The van der Waals surface area contributed by atoms with E-state index in [0.717, 1.165) is 24.3 Å². The topological polar surface area (TPSA) is 29.3 Å². The highest BCUT2D eigenvalue weighted by Crippen LogP contribution is 2.38. The van der Waals surface area contributed by atoms with Crippen LogP contribution in [0.25, 0.3) is 0 Å². The fourth-order valence-electron chi connectivity index (χ4n) is 3.36. The molecule has 0 aromatic rings. The van der Waals surface area contributed by atoms with Gasteiger partial charge in [-0.2, -0.15) is 0 Å². The van der Waals surface area contributed by atoms with Crippen LogP contribution in [0.2, 0.25) is 0 Å². The van der Waals surface area contributed by atoms with E-state index in [-0.39, 0.29) is 5.54 Å². The third-order valence-corrected chi connectivity index (χ3v) is 4.88. The fraction of sp³-hybridized carbons (Fsp3) is 1.00. The lowest BCUT2D eigenvalue weighted by Gasteiger charge is -2.32. The van der Waals surface area contributed by atoms with E-state index in [1.165, 1.54) is 45.2 Å². The van der Waals surface area contributed by atoms with Gasteiger partial charge in [0.1, 0.15) is 0 Å². The van der Waals surface area contributed by atoms with Gasteiger partial charge in [0.15, 0.2) is 0 Å². The van der Waals surface area contributed by atoms with E-state index in [1.807, 2.05) is 0 Å². The lowest BCUT2D eigenvalue weighted by molar-refractivity contribution is 0.204. The molecule has 2 aliphatic rings. The Morgan fingerprint density at radius 2 is 1.88 bits per heavy atom. The van der Waals surface area contributed by atoms with E-state index in [4.69, 9.17) is 5.73 Å². The number of hydrogen-bond acceptors (Lipinski definition) is 2. The molecule has 17 heavy (non-hydrogen) atoms. The number of likely N-dealkylation sites (tertiary alicyclic amines) is 1. The molecule has 0 aromatic heterocycles. The van der Waals surface area contributed by atoms with Crippen molar-refractivity contribution in [3.63, 3.8) is 0 Å². The maximum atomic E-state index is 6.46. The molecule has 2 nitrogen and oxygen atoms in total. The number of nitrogens with zero attached hydrogens (tertiary/aromatic N) is 1. The zero-order valence-electron chi connectivity index (χ0n) is 11.9. The Labute approximate surface area is 107 Å². The lowest BCUT2D eigenvalue weighted by Crippen LogP contribution is -2.49. The molecule has 0 spiro atoms. The second-order valence-corrected chi connectivity index (χ2v) is 6.99. The Balaban J connectivity index is 1.82. The summed E-state index contributed by atoms with van der Waals surface area (Å²) in [6.45, 7) is 10.7. The van der Waals surface area contributed by atoms with Crippen LogP contribution in [0, 0.1) is 17.8 Å². The number of nitrogens with two attached hydrogens (primary N) is 1. The molecule has 1 heterocycles. The summed E-state index contributed by atoms with van der Waals surface area (Å²) in [5.74, 6) is 2.58. The van der Waals surface area contributed by atoms with E-state index < -0.39 is 0 Å². The molecule has 100 valence electrons. The zero-order chi connectivity index (χ0) is 12.5. The molecule has 2 heteroatoms. The van der Waals surface area contributed by atoms with Crippen LogP contribution in [0.15, 0.2) is 0 Å². The lowest BCUT2D eigenvalue weighted by atomic mass is 9.89. The Morgan fingerprint density at radius 1 is 1.18 bits per heavy atom. The van der Waals surface area contributed by atoms with Gasteiger partial charge in [0.05, 0.1) is 0 Å². The standard InChI is InChI=1S/C15H30N2/c1-12(2)13-5-4-9-17(10-8-13)11-15(3,16)14-6-7-14/h12-14H,4-11,16H2,1-3H3. The minimum Gasteiger partial charge on any atom is -0.324 e. The van der Waals surface area contributed by atoms with E-state index in [1.54, 1.807) is 0 Å². The normalized spacial score (nSPS) is 31.2. The highest BCUT2D eigenvalue weighted by atomic mass is 15.1. The molecule has 1 saturated carbocycles. The summed E-state index contributed by atoms with van der Waals surface area (Å²) in [7, 11) is 0. The predicted octanol–water partition coefficient (Wildman–Crippen LogP) is 2.87. The Morgan fingerprint density at radius 3 is 2.47 bits per heavy atom. The summed E-state index contributed by atoms with van der Waals surface area (Å²) in [5, 5.41) is 0. The van der Waals surface area contributed by atoms with Gasteiger partial charge < -0.3 is 10.6 Å². The highest BCUT2D eigenvalue weighted by Gasteiger charge is 2.39. The monoisotopic (exact) mass is 238 g/mol. The summed E-state index contributed by atoms with van der Waals surface area (Å²) >= 11 is 0. The first-order valence-electron chi connectivity index (χ1n) is 7.50. The van der Waals surface area contributed by atoms with Crippen molar-refractivity contribution in [2.75, 3.05) is 19.6 Å². The maximum absolute atomic E-state index is 6.46. The maximum Gasteiger partial charge on any atom is 0.0283 e. The minimum atomic E-state index is 0.0671. The van der Waals surface area contributed by atoms with Gasteiger partial charge in [0, 0.05) is 12.1 Å². The molecule has 0 radical (unpaired) electrons. The van der Waals surface area contributed by atoms with E-state index >= 15 is 0 Å². The van der Waals surface area contributed by atoms with Gasteiger partial charge in [-0.05, 0) is 69.9 Å². The van der Waals surface area contributed by atoms with Crippen LogP contribution in [0.1, 0.15) is 52.9 Å². The van der Waals surface area contributed by atoms with Crippen molar-refractivity contribution in [2.24, 2.45) is 23.5 Å². The van der Waals surface area contributed by atoms with Gasteiger partial charge in [-0.25, -0.2) is 0 Å². The molecular weight excluding hydrogens is 208 g/mol. The first-order valence-corrected chi connectivity index (χ1v) is 7.50. The van der Waals surface area contributed by atoms with Crippen LogP contribution in [0.5, 0.6) is 0 Å². The van der Waals surface area contributed by atoms with Gasteiger partial charge in [-0.1, -0.05) is 13.8 Å². The largest absolute Gasteiger partial charge is 0.324 e. The Bertz CT molecular complexity index is 243. The molecule has 1 saturated heterocycles. The molecule has 2 fully saturated rings. The van der Waals surface area contributed by atoms with E-state index in [9.17, 15) is 0 Å². The summed E-state index contributed by atoms with van der Waals surface area (Å²) < 4.78 is 0. The number of rotatable bonds is 4. The van der Waals surface area contributed by atoms with E-state index in [2.05, 4.69) is 25.7 Å². The van der Waals surface area contributed by atoms with Crippen LogP contribution in [0.4, 0.5) is 0 Å². The number of hydrogen-bond donors (Lipinski definition) is 1. The molecule has 0 bridgehead atoms. The van der Waals surface area contributed by atoms with Crippen molar-refractivity contribution in [2.45, 2.75) is 58.4 Å². The van der Waals surface area contributed by atoms with Gasteiger partial charge in [0.2, 0.25) is 0 Å². The quantitative estimate of drug-likeness (QED) is 0.816. The zero-order valence-corrected chi connectivity index (χ0v) is 11.9. The molecule has 0 aromatic carbocycles. The molecular formula is C15H30N2. The van der Waals surface area contributed by atoms with Crippen LogP contribution in [-0.4, -0.2) is 30.1 Å². The summed E-state index contributed by atoms with van der Waals surface area (Å²) in [6.07, 6.45) is 6.87. The van der Waals surface area contributed by atoms with Gasteiger partial charge in [-0.3, -0.25) is 0 Å². The van der Waals surface area contributed by atoms with Gasteiger partial charge >= 0.3 is 0 Å². The molecule has 2 unspecified atom stereocenters. The van der Waals surface area contributed by atoms with Crippen LogP contribution >= 0.6 is 0 Å². The van der Waals surface area contributed by atoms with Crippen molar-refractivity contribution in [1.82, 2.24) is 4.90 Å². The third-order valence-electron chi connectivity index (χ3n) is 4.88. The van der Waals surface area contributed by atoms with Crippen molar-refractivity contribution in [3.8, 4) is 0 Å². The molecule has 2 N–H and O–H groups in total. The molecule has 2 atom stereocenters. The second-order valence-electron chi connectivity index (χ2n) is 6.99. The third kappa shape index (κ3) is 3.69. The SMILES string of the molecule is CC(C)C1CCCN(CC(C)(N)C2CC2)CC1. The minimum absolute atomic E-state index is 0.0671. The van der Waals surface area contributed by atoms with Crippen LogP contribution in [-0.2, 0) is 0 Å². The molecule has 2 rings (SSSR count). The van der Waals surface area contributed by atoms with Gasteiger partial charge in [-0.15, -0.1) is 0 Å². The average Bonchev–Trinajstić information content (AvgIpc) is 3.04. The van der Waals surface area contributed by atoms with Crippen molar-refractivity contribution >= 4 is 0 Å². The van der Waals surface area contributed by atoms with Crippen LogP contribution in [0.3, 0.4) is 0 Å². The van der Waals surface area contributed by atoms with Crippen LogP contribution < -0.4 is 5.73 Å². The second kappa shape index (κ2) is 5.27. The summed E-state index contributed by atoms with van der Waals surface area (Å²) in [5.41, 5.74) is 6.52. The smallest absolute Gasteiger partial charge is 0.0283 e. The fourth-order valence-corrected chi connectivity index (χ4v) is 3.36. The predicted molar refractivity (Wildman–Crippen MR) is 73.9 cm³/mol.